The van der Waals surface area contributed by atoms with E-state index < -0.39 is 0 Å². The van der Waals surface area contributed by atoms with Crippen LogP contribution >= 0.6 is 0 Å². The molecule has 1 aromatic rings. The third-order valence-corrected chi connectivity index (χ3v) is 3.23. The lowest BCUT2D eigenvalue weighted by atomic mass is 9.96. The molecule has 0 unspecified atom stereocenters. The molecular formula is C12H17N5. The zero-order chi connectivity index (χ0) is 11.9. The summed E-state index contributed by atoms with van der Waals surface area (Å²) in [6.45, 7) is 2.47. The van der Waals surface area contributed by atoms with Crippen molar-refractivity contribution in [2.45, 2.75) is 25.3 Å². The van der Waals surface area contributed by atoms with Crippen LogP contribution in [0.2, 0.25) is 0 Å². The summed E-state index contributed by atoms with van der Waals surface area (Å²) < 4.78 is 0. The molecule has 0 spiro atoms. The van der Waals surface area contributed by atoms with Gasteiger partial charge in [-0.25, -0.2) is 0 Å². The van der Waals surface area contributed by atoms with Gasteiger partial charge in [0, 0.05) is 36.4 Å². The lowest BCUT2D eigenvalue weighted by molar-refractivity contribution is 0.153. The molecule has 0 amide bonds. The van der Waals surface area contributed by atoms with E-state index in [0.717, 1.165) is 13.1 Å². The van der Waals surface area contributed by atoms with Crippen LogP contribution in [0.3, 0.4) is 0 Å². The topological polar surface area (TPSA) is 64.9 Å². The van der Waals surface area contributed by atoms with Gasteiger partial charge in [0.05, 0.1) is 0 Å². The first-order valence-corrected chi connectivity index (χ1v) is 6.06. The molecular weight excluding hydrogens is 214 g/mol. The Kier molecular flexibility index (Phi) is 4.36. The first-order chi connectivity index (χ1) is 8.42. The molecule has 1 aromatic heterocycles. The van der Waals surface area contributed by atoms with Gasteiger partial charge < -0.3 is 0 Å². The molecule has 1 aliphatic rings. The second-order valence-electron chi connectivity index (χ2n) is 4.29. The minimum Gasteiger partial charge on any atom is -0.296 e. The average molecular weight is 231 g/mol. The standard InChI is InChI=1S/C12H17N5/c13-16-15-7-9-17-8-2-1-5-12(17)11-4-3-6-14-10-11/h3-4,6,10,12H,1-2,5,7-9H2/t12-/m1/s1. The first kappa shape index (κ1) is 11.9. The van der Waals surface area contributed by atoms with E-state index >= 15 is 0 Å². The SMILES string of the molecule is [N-]=[N+]=NCCN1CCCC[C@@H]1c1cccnc1. The number of hydrogen-bond donors (Lipinski definition) is 0. The summed E-state index contributed by atoms with van der Waals surface area (Å²) in [7, 11) is 0. The van der Waals surface area contributed by atoms with E-state index in [0.29, 0.717) is 12.6 Å². The van der Waals surface area contributed by atoms with Gasteiger partial charge in [0.1, 0.15) is 0 Å². The van der Waals surface area contributed by atoms with Gasteiger partial charge in [0.2, 0.25) is 0 Å². The smallest absolute Gasteiger partial charge is 0.0386 e. The van der Waals surface area contributed by atoms with Crippen molar-refractivity contribution in [3.05, 3.63) is 40.5 Å². The van der Waals surface area contributed by atoms with E-state index in [1.807, 2.05) is 12.3 Å². The lowest BCUT2D eigenvalue weighted by Gasteiger charge is -2.35. The van der Waals surface area contributed by atoms with Crippen molar-refractivity contribution in [3.8, 4) is 0 Å². The van der Waals surface area contributed by atoms with Gasteiger partial charge in [-0.15, -0.1) is 0 Å². The Morgan fingerprint density at radius 3 is 3.24 bits per heavy atom. The summed E-state index contributed by atoms with van der Waals surface area (Å²) in [5, 5.41) is 3.62. The molecule has 5 nitrogen and oxygen atoms in total. The lowest BCUT2D eigenvalue weighted by Crippen LogP contribution is -2.35. The molecule has 5 heteroatoms. The number of likely N-dealkylation sites (tertiary alicyclic amines) is 1. The zero-order valence-electron chi connectivity index (χ0n) is 9.87. The number of hydrogen-bond acceptors (Lipinski definition) is 3. The molecule has 0 radical (unpaired) electrons. The zero-order valence-corrected chi connectivity index (χ0v) is 9.87. The van der Waals surface area contributed by atoms with Crippen molar-refractivity contribution >= 4 is 0 Å². The number of rotatable bonds is 4. The van der Waals surface area contributed by atoms with E-state index in [1.165, 1.54) is 24.8 Å². The van der Waals surface area contributed by atoms with E-state index in [-0.39, 0.29) is 0 Å². The second kappa shape index (κ2) is 6.23. The highest BCUT2D eigenvalue weighted by atomic mass is 15.2. The largest absolute Gasteiger partial charge is 0.296 e. The molecule has 1 atom stereocenters. The summed E-state index contributed by atoms with van der Waals surface area (Å²) >= 11 is 0. The number of pyridine rings is 1. The van der Waals surface area contributed by atoms with Crippen LogP contribution in [0.25, 0.3) is 10.4 Å². The van der Waals surface area contributed by atoms with Crippen LogP contribution < -0.4 is 0 Å². The van der Waals surface area contributed by atoms with Crippen LogP contribution in [-0.4, -0.2) is 29.5 Å². The van der Waals surface area contributed by atoms with Crippen LogP contribution in [0.5, 0.6) is 0 Å². The number of nitrogens with zero attached hydrogens (tertiary/aromatic N) is 5. The number of piperidine rings is 1. The van der Waals surface area contributed by atoms with Gasteiger partial charge in [-0.1, -0.05) is 17.6 Å². The summed E-state index contributed by atoms with van der Waals surface area (Å²) in [5.74, 6) is 0. The third kappa shape index (κ3) is 3.19. The fraction of sp³-hybridized carbons (Fsp3) is 0.583. The monoisotopic (exact) mass is 231 g/mol. The van der Waals surface area contributed by atoms with Gasteiger partial charge in [0.15, 0.2) is 0 Å². The Morgan fingerprint density at radius 2 is 2.47 bits per heavy atom. The van der Waals surface area contributed by atoms with Gasteiger partial charge in [-0.2, -0.15) is 0 Å². The van der Waals surface area contributed by atoms with Crippen molar-refractivity contribution in [2.75, 3.05) is 19.6 Å². The third-order valence-electron chi connectivity index (χ3n) is 3.23. The minimum absolute atomic E-state index is 0.436. The van der Waals surface area contributed by atoms with Crippen LogP contribution in [0, 0.1) is 0 Å². The molecule has 0 bridgehead atoms. The molecule has 90 valence electrons. The van der Waals surface area contributed by atoms with E-state index in [1.54, 1.807) is 6.20 Å². The first-order valence-electron chi connectivity index (χ1n) is 6.06. The predicted octanol–water partition coefficient (Wildman–Crippen LogP) is 2.92. The van der Waals surface area contributed by atoms with Crippen molar-refractivity contribution in [3.63, 3.8) is 0 Å². The number of azide groups is 1. The van der Waals surface area contributed by atoms with Crippen molar-refractivity contribution < 1.29 is 0 Å². The highest BCUT2D eigenvalue weighted by molar-refractivity contribution is 5.14. The molecule has 0 aromatic carbocycles. The normalized spacial score (nSPS) is 20.8. The highest BCUT2D eigenvalue weighted by Gasteiger charge is 2.23. The molecule has 2 heterocycles. The highest BCUT2D eigenvalue weighted by Crippen LogP contribution is 2.29. The minimum atomic E-state index is 0.436. The summed E-state index contributed by atoms with van der Waals surface area (Å²) in [4.78, 5) is 9.38. The summed E-state index contributed by atoms with van der Waals surface area (Å²) in [5.41, 5.74) is 9.58. The Morgan fingerprint density at radius 1 is 1.53 bits per heavy atom. The summed E-state index contributed by atoms with van der Waals surface area (Å²) in [6, 6.07) is 4.55. The molecule has 17 heavy (non-hydrogen) atoms. The summed E-state index contributed by atoms with van der Waals surface area (Å²) in [6.07, 6.45) is 7.40. The van der Waals surface area contributed by atoms with Crippen LogP contribution in [-0.2, 0) is 0 Å². The maximum atomic E-state index is 8.31. The van der Waals surface area contributed by atoms with E-state index in [9.17, 15) is 0 Å². The molecule has 0 saturated carbocycles. The molecule has 0 aliphatic carbocycles. The van der Waals surface area contributed by atoms with Gasteiger partial charge >= 0.3 is 0 Å². The fourth-order valence-corrected chi connectivity index (χ4v) is 2.43. The predicted molar refractivity (Wildman–Crippen MR) is 66.4 cm³/mol. The second-order valence-corrected chi connectivity index (χ2v) is 4.29. The molecule has 2 rings (SSSR count). The Hall–Kier alpha value is -1.58. The van der Waals surface area contributed by atoms with Crippen LogP contribution in [0.15, 0.2) is 29.6 Å². The molecule has 0 N–H and O–H groups in total. The number of aromatic nitrogens is 1. The maximum Gasteiger partial charge on any atom is 0.0386 e. The van der Waals surface area contributed by atoms with Crippen LogP contribution in [0.4, 0.5) is 0 Å². The Labute approximate surface area is 101 Å². The van der Waals surface area contributed by atoms with E-state index in [2.05, 4.69) is 26.0 Å². The van der Waals surface area contributed by atoms with Gasteiger partial charge in [0.25, 0.3) is 0 Å². The van der Waals surface area contributed by atoms with Crippen molar-refractivity contribution in [1.82, 2.24) is 9.88 Å². The maximum absolute atomic E-state index is 8.31. The molecule has 1 aliphatic heterocycles. The molecule has 1 fully saturated rings. The van der Waals surface area contributed by atoms with Crippen molar-refractivity contribution in [2.24, 2.45) is 5.11 Å². The van der Waals surface area contributed by atoms with Gasteiger partial charge in [-0.3, -0.25) is 9.88 Å². The van der Waals surface area contributed by atoms with Gasteiger partial charge in [-0.05, 0) is 36.5 Å². The van der Waals surface area contributed by atoms with Crippen molar-refractivity contribution in [1.29, 1.82) is 0 Å². The van der Waals surface area contributed by atoms with E-state index in [4.69, 9.17) is 5.53 Å². The Balaban J connectivity index is 2.04. The fourth-order valence-electron chi connectivity index (χ4n) is 2.43. The average Bonchev–Trinajstić information content (AvgIpc) is 2.41. The Bertz CT molecular complexity index is 385. The quantitative estimate of drug-likeness (QED) is 0.454. The molecule has 1 saturated heterocycles. The van der Waals surface area contributed by atoms with Crippen LogP contribution in [0.1, 0.15) is 30.9 Å².